The van der Waals surface area contributed by atoms with Crippen LogP contribution in [0.3, 0.4) is 0 Å². The summed E-state index contributed by atoms with van der Waals surface area (Å²) < 4.78 is 5.11. The van der Waals surface area contributed by atoms with Crippen molar-refractivity contribution in [3.63, 3.8) is 0 Å². The van der Waals surface area contributed by atoms with Crippen molar-refractivity contribution in [2.24, 2.45) is 5.92 Å². The van der Waals surface area contributed by atoms with E-state index in [1.807, 2.05) is 26.0 Å². The van der Waals surface area contributed by atoms with Crippen molar-refractivity contribution in [2.45, 2.75) is 38.8 Å². The zero-order valence-corrected chi connectivity index (χ0v) is 16.0. The molecule has 27 heavy (non-hydrogen) atoms. The van der Waals surface area contributed by atoms with Gasteiger partial charge < -0.3 is 15.4 Å². The van der Waals surface area contributed by atoms with E-state index in [9.17, 15) is 9.59 Å². The van der Waals surface area contributed by atoms with E-state index in [2.05, 4.69) is 22.8 Å². The summed E-state index contributed by atoms with van der Waals surface area (Å²) in [5.74, 6) is 0.250. The summed E-state index contributed by atoms with van der Waals surface area (Å²) in [4.78, 5) is 25.4. The third-order valence-electron chi connectivity index (χ3n) is 5.04. The summed E-state index contributed by atoms with van der Waals surface area (Å²) >= 11 is 0. The third kappa shape index (κ3) is 4.30. The van der Waals surface area contributed by atoms with Crippen molar-refractivity contribution in [2.75, 3.05) is 7.11 Å². The van der Waals surface area contributed by atoms with Gasteiger partial charge in [-0.2, -0.15) is 0 Å². The predicted molar refractivity (Wildman–Crippen MR) is 105 cm³/mol. The van der Waals surface area contributed by atoms with Crippen LogP contribution in [0.25, 0.3) is 0 Å². The first-order chi connectivity index (χ1) is 13.0. The number of amides is 2. The fourth-order valence-corrected chi connectivity index (χ4v) is 3.47. The number of hydrogen-bond acceptors (Lipinski definition) is 3. The van der Waals surface area contributed by atoms with E-state index in [4.69, 9.17) is 4.74 Å². The van der Waals surface area contributed by atoms with Gasteiger partial charge in [0.15, 0.2) is 0 Å². The van der Waals surface area contributed by atoms with Crippen LogP contribution >= 0.6 is 0 Å². The first kappa shape index (κ1) is 19.0. The standard InChI is InChI=1S/C22H26N2O3/c1-14(2)20(24-21(25)16-8-11-17(27-3)12-9-16)22(26)23-19-13-10-15-6-4-5-7-18(15)19/h4-9,11-12,14,19-20H,10,13H2,1-3H3,(H,23,26)(H,24,25)/t19-,20+/m1/s1. The van der Waals surface area contributed by atoms with Gasteiger partial charge in [0.2, 0.25) is 5.91 Å². The number of benzene rings is 2. The molecule has 1 aliphatic rings. The van der Waals surface area contributed by atoms with Crippen LogP contribution in [0.4, 0.5) is 0 Å². The number of aryl methyl sites for hydroxylation is 1. The number of ether oxygens (including phenoxy) is 1. The number of nitrogens with one attached hydrogen (secondary N) is 2. The zero-order chi connectivity index (χ0) is 19.4. The molecule has 0 bridgehead atoms. The Bertz CT molecular complexity index is 815. The number of carbonyl (C=O) groups is 2. The van der Waals surface area contributed by atoms with Gasteiger partial charge in [-0.15, -0.1) is 0 Å². The molecule has 0 fully saturated rings. The molecule has 5 heteroatoms. The Balaban J connectivity index is 1.68. The molecular formula is C22H26N2O3. The van der Waals surface area contributed by atoms with Crippen molar-refractivity contribution in [3.8, 4) is 5.75 Å². The Hall–Kier alpha value is -2.82. The Morgan fingerprint density at radius 3 is 2.44 bits per heavy atom. The normalized spacial score (nSPS) is 16.5. The summed E-state index contributed by atoms with van der Waals surface area (Å²) in [7, 11) is 1.58. The molecule has 0 heterocycles. The minimum Gasteiger partial charge on any atom is -0.497 e. The predicted octanol–water partition coefficient (Wildman–Crippen LogP) is 3.25. The van der Waals surface area contributed by atoms with Crippen molar-refractivity contribution in [1.82, 2.24) is 10.6 Å². The van der Waals surface area contributed by atoms with Crippen molar-refractivity contribution < 1.29 is 14.3 Å². The molecule has 0 aliphatic heterocycles. The number of methoxy groups -OCH3 is 1. The maximum Gasteiger partial charge on any atom is 0.251 e. The van der Waals surface area contributed by atoms with Crippen molar-refractivity contribution >= 4 is 11.8 Å². The van der Waals surface area contributed by atoms with Crippen LogP contribution in [0.15, 0.2) is 48.5 Å². The minimum atomic E-state index is -0.590. The first-order valence-corrected chi connectivity index (χ1v) is 9.32. The lowest BCUT2D eigenvalue weighted by Gasteiger charge is -2.24. The third-order valence-corrected chi connectivity index (χ3v) is 5.04. The van der Waals surface area contributed by atoms with Crippen LogP contribution in [-0.2, 0) is 11.2 Å². The molecular weight excluding hydrogens is 340 g/mol. The Kier molecular flexibility index (Phi) is 5.79. The van der Waals surface area contributed by atoms with E-state index in [0.29, 0.717) is 11.3 Å². The Labute approximate surface area is 160 Å². The van der Waals surface area contributed by atoms with Crippen LogP contribution in [0.1, 0.15) is 47.8 Å². The number of carbonyl (C=O) groups excluding carboxylic acids is 2. The largest absolute Gasteiger partial charge is 0.497 e. The van der Waals surface area contributed by atoms with Gasteiger partial charge in [-0.3, -0.25) is 9.59 Å². The van der Waals surface area contributed by atoms with Crippen LogP contribution in [0.2, 0.25) is 0 Å². The average Bonchev–Trinajstić information content (AvgIpc) is 3.08. The summed E-state index contributed by atoms with van der Waals surface area (Å²) in [6, 6.07) is 14.4. The summed E-state index contributed by atoms with van der Waals surface area (Å²) in [6.45, 7) is 3.86. The highest BCUT2D eigenvalue weighted by molar-refractivity contribution is 5.97. The van der Waals surface area contributed by atoms with E-state index >= 15 is 0 Å². The van der Waals surface area contributed by atoms with Crippen molar-refractivity contribution in [1.29, 1.82) is 0 Å². The van der Waals surface area contributed by atoms with E-state index in [1.54, 1.807) is 31.4 Å². The van der Waals surface area contributed by atoms with E-state index < -0.39 is 6.04 Å². The molecule has 2 N–H and O–H groups in total. The Morgan fingerprint density at radius 2 is 1.78 bits per heavy atom. The van der Waals surface area contributed by atoms with Crippen LogP contribution in [-0.4, -0.2) is 25.0 Å². The van der Waals surface area contributed by atoms with Crippen LogP contribution in [0, 0.1) is 5.92 Å². The SMILES string of the molecule is COc1ccc(C(=O)N[C@H](C(=O)N[C@@H]2CCc3ccccc32)C(C)C)cc1. The lowest BCUT2D eigenvalue weighted by Crippen LogP contribution is -2.50. The second-order valence-corrected chi connectivity index (χ2v) is 7.22. The number of fused-ring (bicyclic) bond motifs is 1. The van der Waals surface area contributed by atoms with Crippen molar-refractivity contribution in [3.05, 3.63) is 65.2 Å². The molecule has 0 unspecified atom stereocenters. The quantitative estimate of drug-likeness (QED) is 0.825. The van der Waals surface area contributed by atoms with Gasteiger partial charge in [-0.1, -0.05) is 38.1 Å². The molecule has 2 aromatic carbocycles. The van der Waals surface area contributed by atoms with Gasteiger partial charge in [0, 0.05) is 5.56 Å². The van der Waals surface area contributed by atoms with Gasteiger partial charge in [-0.05, 0) is 54.2 Å². The zero-order valence-electron chi connectivity index (χ0n) is 16.0. The minimum absolute atomic E-state index is 0.00726. The summed E-state index contributed by atoms with van der Waals surface area (Å²) in [6.07, 6.45) is 1.86. The lowest BCUT2D eigenvalue weighted by atomic mass is 10.0. The van der Waals surface area contributed by atoms with Gasteiger partial charge in [0.05, 0.1) is 13.2 Å². The van der Waals surface area contributed by atoms with Crippen LogP contribution in [0.5, 0.6) is 5.75 Å². The maximum absolute atomic E-state index is 12.9. The molecule has 0 aromatic heterocycles. The van der Waals surface area contributed by atoms with Gasteiger partial charge >= 0.3 is 0 Å². The Morgan fingerprint density at radius 1 is 1.07 bits per heavy atom. The molecule has 1 aliphatic carbocycles. The van der Waals surface area contributed by atoms with E-state index in [-0.39, 0.29) is 23.8 Å². The molecule has 5 nitrogen and oxygen atoms in total. The van der Waals surface area contributed by atoms with E-state index in [1.165, 1.54) is 11.1 Å². The smallest absolute Gasteiger partial charge is 0.251 e. The van der Waals surface area contributed by atoms with Gasteiger partial charge in [0.1, 0.15) is 11.8 Å². The second-order valence-electron chi connectivity index (χ2n) is 7.22. The molecule has 3 rings (SSSR count). The maximum atomic E-state index is 12.9. The molecule has 0 saturated carbocycles. The molecule has 0 radical (unpaired) electrons. The van der Waals surface area contributed by atoms with Crippen LogP contribution < -0.4 is 15.4 Å². The molecule has 0 saturated heterocycles. The summed E-state index contributed by atoms with van der Waals surface area (Å²) in [5.41, 5.74) is 2.96. The number of hydrogen-bond donors (Lipinski definition) is 2. The molecule has 2 atom stereocenters. The van der Waals surface area contributed by atoms with Gasteiger partial charge in [-0.25, -0.2) is 0 Å². The molecule has 2 aromatic rings. The summed E-state index contributed by atoms with van der Waals surface area (Å²) in [5, 5.41) is 5.99. The van der Waals surface area contributed by atoms with E-state index in [0.717, 1.165) is 12.8 Å². The lowest BCUT2D eigenvalue weighted by molar-refractivity contribution is -0.124. The highest BCUT2D eigenvalue weighted by Crippen LogP contribution is 2.30. The monoisotopic (exact) mass is 366 g/mol. The molecule has 2 amide bonds. The highest BCUT2D eigenvalue weighted by atomic mass is 16.5. The van der Waals surface area contributed by atoms with Gasteiger partial charge in [0.25, 0.3) is 5.91 Å². The first-order valence-electron chi connectivity index (χ1n) is 9.32. The highest BCUT2D eigenvalue weighted by Gasteiger charge is 2.29. The fraction of sp³-hybridized carbons (Fsp3) is 0.364. The molecule has 0 spiro atoms. The second kappa shape index (κ2) is 8.25. The fourth-order valence-electron chi connectivity index (χ4n) is 3.47. The number of rotatable bonds is 6. The average molecular weight is 366 g/mol. The topological polar surface area (TPSA) is 67.4 Å². The molecule has 142 valence electrons.